The number of morpholine rings is 1. The maximum absolute atomic E-state index is 12.0. The summed E-state index contributed by atoms with van der Waals surface area (Å²) >= 11 is 0. The lowest BCUT2D eigenvalue weighted by Gasteiger charge is -2.23. The first-order chi connectivity index (χ1) is 10.2. The Kier molecular flexibility index (Phi) is 5.54. The van der Waals surface area contributed by atoms with Crippen LogP contribution in [0.25, 0.3) is 11.0 Å². The van der Waals surface area contributed by atoms with E-state index in [1.807, 2.05) is 0 Å². The first kappa shape index (κ1) is 16.5. The van der Waals surface area contributed by atoms with Crippen molar-refractivity contribution in [2.75, 3.05) is 25.1 Å². The van der Waals surface area contributed by atoms with E-state index in [1.54, 1.807) is 24.3 Å². The van der Waals surface area contributed by atoms with Crippen LogP contribution in [0.15, 0.2) is 39.5 Å². The van der Waals surface area contributed by atoms with Gasteiger partial charge in [0.1, 0.15) is 5.58 Å². The van der Waals surface area contributed by atoms with Crippen molar-refractivity contribution in [3.63, 3.8) is 0 Å². The average Bonchev–Trinajstić information content (AvgIpc) is 2.48. The van der Waals surface area contributed by atoms with Crippen molar-refractivity contribution in [1.82, 2.24) is 5.32 Å². The molecule has 1 fully saturated rings. The summed E-state index contributed by atoms with van der Waals surface area (Å²) in [5.41, 5.74) is 0.795. The highest BCUT2D eigenvalue weighted by Gasteiger charge is 2.16. The van der Waals surface area contributed by atoms with Gasteiger partial charge in [0.2, 0.25) is 5.91 Å². The lowest BCUT2D eigenvalue weighted by molar-refractivity contribution is -0.117. The van der Waals surface area contributed by atoms with Crippen LogP contribution in [-0.2, 0) is 9.53 Å². The van der Waals surface area contributed by atoms with Crippen LogP contribution in [0.4, 0.5) is 5.69 Å². The zero-order valence-electron chi connectivity index (χ0n) is 11.8. The minimum Gasteiger partial charge on any atom is -0.423 e. The average molecular weight is 325 g/mol. The number of carbonyl (C=O) groups excluding carboxylic acids is 1. The molecule has 2 heterocycles. The summed E-state index contributed by atoms with van der Waals surface area (Å²) in [6, 6.07) is 8.26. The predicted molar refractivity (Wildman–Crippen MR) is 85.6 cm³/mol. The summed E-state index contributed by atoms with van der Waals surface area (Å²) in [5.74, 6) is -0.0743. The summed E-state index contributed by atoms with van der Waals surface area (Å²) in [5, 5.41) is 6.85. The second-order valence-electron chi connectivity index (χ2n) is 4.99. The van der Waals surface area contributed by atoms with Crippen LogP contribution in [0.3, 0.4) is 0 Å². The van der Waals surface area contributed by atoms with E-state index in [9.17, 15) is 9.59 Å². The first-order valence-electron chi connectivity index (χ1n) is 6.85. The minimum absolute atomic E-state index is 0. The predicted octanol–water partition coefficient (Wildman–Crippen LogP) is 1.53. The van der Waals surface area contributed by atoms with E-state index < -0.39 is 0 Å². The number of halogens is 1. The van der Waals surface area contributed by atoms with E-state index in [1.165, 1.54) is 6.07 Å². The molecule has 0 radical (unpaired) electrons. The lowest BCUT2D eigenvalue weighted by Crippen LogP contribution is -2.43. The fraction of sp³-hybridized carbons (Fsp3) is 0.333. The van der Waals surface area contributed by atoms with E-state index in [4.69, 9.17) is 9.15 Å². The molecule has 1 atom stereocenters. The Morgan fingerprint density at radius 2 is 2.18 bits per heavy atom. The van der Waals surface area contributed by atoms with Gasteiger partial charge in [-0.25, -0.2) is 4.79 Å². The molecule has 0 bridgehead atoms. The van der Waals surface area contributed by atoms with E-state index in [0.717, 1.165) is 11.9 Å². The Hall–Kier alpha value is -1.89. The number of rotatable bonds is 3. The van der Waals surface area contributed by atoms with Crippen LogP contribution in [0.1, 0.15) is 6.42 Å². The molecule has 2 aromatic rings. The normalized spacial score (nSPS) is 17.7. The molecule has 3 rings (SSSR count). The SMILES string of the molecule is Cl.O=C(CC1COCCN1)Nc1ccc2oc(=O)ccc2c1. The van der Waals surface area contributed by atoms with Crippen LogP contribution < -0.4 is 16.3 Å². The highest BCUT2D eigenvalue weighted by Crippen LogP contribution is 2.18. The Morgan fingerprint density at radius 3 is 2.95 bits per heavy atom. The summed E-state index contributed by atoms with van der Waals surface area (Å²) in [4.78, 5) is 23.1. The number of anilines is 1. The van der Waals surface area contributed by atoms with Gasteiger partial charge in [-0.2, -0.15) is 0 Å². The number of benzene rings is 1. The van der Waals surface area contributed by atoms with Crippen LogP contribution >= 0.6 is 12.4 Å². The maximum atomic E-state index is 12.0. The molecule has 22 heavy (non-hydrogen) atoms. The summed E-state index contributed by atoms with van der Waals surface area (Å²) in [6.07, 6.45) is 0.363. The van der Waals surface area contributed by atoms with Crippen molar-refractivity contribution in [2.24, 2.45) is 0 Å². The second kappa shape index (κ2) is 7.40. The van der Waals surface area contributed by atoms with Crippen LogP contribution in [0, 0.1) is 0 Å². The molecular formula is C15H17ClN2O4. The number of ether oxygens (including phenoxy) is 1. The van der Waals surface area contributed by atoms with Gasteiger partial charge in [-0.3, -0.25) is 4.79 Å². The molecule has 2 N–H and O–H groups in total. The van der Waals surface area contributed by atoms with Crippen molar-refractivity contribution in [3.05, 3.63) is 40.8 Å². The third-order valence-electron chi connectivity index (χ3n) is 3.33. The van der Waals surface area contributed by atoms with Gasteiger partial charge in [0.25, 0.3) is 0 Å². The fourth-order valence-corrected chi connectivity index (χ4v) is 2.34. The van der Waals surface area contributed by atoms with Gasteiger partial charge in [-0.15, -0.1) is 12.4 Å². The zero-order chi connectivity index (χ0) is 14.7. The van der Waals surface area contributed by atoms with Crippen LogP contribution in [0.5, 0.6) is 0 Å². The summed E-state index contributed by atoms with van der Waals surface area (Å²) in [6.45, 7) is 2.01. The van der Waals surface area contributed by atoms with Gasteiger partial charge in [0.05, 0.1) is 13.2 Å². The zero-order valence-corrected chi connectivity index (χ0v) is 12.7. The van der Waals surface area contributed by atoms with E-state index in [2.05, 4.69) is 10.6 Å². The van der Waals surface area contributed by atoms with Gasteiger partial charge in [-0.05, 0) is 24.3 Å². The Morgan fingerprint density at radius 1 is 1.32 bits per heavy atom. The number of hydrogen-bond acceptors (Lipinski definition) is 5. The monoisotopic (exact) mass is 324 g/mol. The molecule has 0 saturated carbocycles. The van der Waals surface area contributed by atoms with Gasteiger partial charge < -0.3 is 19.8 Å². The van der Waals surface area contributed by atoms with Gasteiger partial charge in [0, 0.05) is 36.1 Å². The smallest absolute Gasteiger partial charge is 0.336 e. The molecular weight excluding hydrogens is 308 g/mol. The third-order valence-corrected chi connectivity index (χ3v) is 3.33. The number of fused-ring (bicyclic) bond motifs is 1. The van der Waals surface area contributed by atoms with Crippen molar-refractivity contribution in [1.29, 1.82) is 0 Å². The molecule has 1 aliphatic heterocycles. The molecule has 118 valence electrons. The third kappa shape index (κ3) is 4.07. The molecule has 0 aliphatic carbocycles. The molecule has 1 saturated heterocycles. The van der Waals surface area contributed by atoms with Crippen LogP contribution in [0.2, 0.25) is 0 Å². The summed E-state index contributed by atoms with van der Waals surface area (Å²) < 4.78 is 10.4. The molecule has 1 aromatic heterocycles. The number of hydrogen-bond donors (Lipinski definition) is 2. The Bertz CT molecular complexity index is 710. The summed E-state index contributed by atoms with van der Waals surface area (Å²) in [7, 11) is 0. The highest BCUT2D eigenvalue weighted by molar-refractivity contribution is 5.93. The standard InChI is InChI=1S/C15H16N2O4.ClH/c18-14(8-12-9-20-6-5-16-12)17-11-2-3-13-10(7-11)1-4-15(19)21-13;/h1-4,7,12,16H,5-6,8-9H2,(H,17,18);1H. The first-order valence-corrected chi connectivity index (χ1v) is 6.85. The largest absolute Gasteiger partial charge is 0.423 e. The quantitative estimate of drug-likeness (QED) is 0.837. The molecule has 1 aromatic carbocycles. The van der Waals surface area contributed by atoms with Crippen molar-refractivity contribution < 1.29 is 13.9 Å². The Labute approximate surface area is 133 Å². The van der Waals surface area contributed by atoms with Crippen molar-refractivity contribution in [3.8, 4) is 0 Å². The number of amides is 1. The van der Waals surface area contributed by atoms with E-state index in [-0.39, 0.29) is 30.0 Å². The van der Waals surface area contributed by atoms with E-state index in [0.29, 0.717) is 30.9 Å². The number of carbonyl (C=O) groups is 1. The van der Waals surface area contributed by atoms with Gasteiger partial charge >= 0.3 is 5.63 Å². The van der Waals surface area contributed by atoms with Crippen molar-refractivity contribution in [2.45, 2.75) is 12.5 Å². The molecule has 1 aliphatic rings. The fourth-order valence-electron chi connectivity index (χ4n) is 2.34. The van der Waals surface area contributed by atoms with Gasteiger partial charge in [0.15, 0.2) is 0 Å². The van der Waals surface area contributed by atoms with Crippen molar-refractivity contribution >= 4 is 35.0 Å². The van der Waals surface area contributed by atoms with E-state index >= 15 is 0 Å². The Balaban J connectivity index is 0.00000176. The molecule has 1 unspecified atom stereocenters. The second-order valence-corrected chi connectivity index (χ2v) is 4.99. The molecule has 7 heteroatoms. The molecule has 0 spiro atoms. The van der Waals surface area contributed by atoms with Crippen LogP contribution in [-0.4, -0.2) is 31.7 Å². The number of nitrogens with one attached hydrogen (secondary N) is 2. The lowest BCUT2D eigenvalue weighted by atomic mass is 10.1. The topological polar surface area (TPSA) is 80.6 Å². The maximum Gasteiger partial charge on any atom is 0.336 e. The van der Waals surface area contributed by atoms with Gasteiger partial charge in [-0.1, -0.05) is 0 Å². The minimum atomic E-state index is -0.386. The molecule has 1 amide bonds. The highest BCUT2D eigenvalue weighted by atomic mass is 35.5. The molecule has 6 nitrogen and oxygen atoms in total.